The molecule has 1 aromatic carbocycles. The average molecular weight is 218 g/mol. The number of allylic oxidation sites excluding steroid dienone is 1. The summed E-state index contributed by atoms with van der Waals surface area (Å²) in [5.74, 6) is 0.815. The Bertz CT molecular complexity index is 350. The van der Waals surface area contributed by atoms with Crippen LogP contribution in [0.15, 0.2) is 42.0 Å². The maximum atomic E-state index is 7.22. The van der Waals surface area contributed by atoms with E-state index in [9.17, 15) is 0 Å². The lowest BCUT2D eigenvalue weighted by Crippen LogP contribution is -1.95. The first-order chi connectivity index (χ1) is 7.81. The Balaban J connectivity index is 2.69. The maximum absolute atomic E-state index is 7.22. The molecule has 0 unspecified atom stereocenters. The number of nitrogens with one attached hydrogen (secondary N) is 1. The van der Waals surface area contributed by atoms with Crippen LogP contribution in [0.2, 0.25) is 0 Å². The standard InChI is InChI=1S/C13H18N2O/c1-3-4-5-9-13(15-14)11-7-6-8-12(10-11)16-2/h3,6-8,10,13-14H,1,4-5,9H2,2H3/t13-/m1/s1. The molecule has 0 spiro atoms. The molecule has 1 aromatic rings. The molecular formula is C13H18N2O. The minimum absolute atomic E-state index is 0.0601. The zero-order valence-corrected chi connectivity index (χ0v) is 9.65. The normalized spacial score (nSPS) is 11.8. The molecule has 16 heavy (non-hydrogen) atoms. The van der Waals surface area contributed by atoms with E-state index >= 15 is 0 Å². The van der Waals surface area contributed by atoms with Gasteiger partial charge in [-0.2, -0.15) is 5.11 Å². The fourth-order valence-corrected chi connectivity index (χ4v) is 1.61. The second-order valence-corrected chi connectivity index (χ2v) is 3.64. The molecular weight excluding hydrogens is 200 g/mol. The molecule has 0 aliphatic rings. The Kier molecular flexibility index (Phi) is 5.26. The molecule has 86 valence electrons. The number of unbranched alkanes of at least 4 members (excludes halogenated alkanes) is 1. The maximum Gasteiger partial charge on any atom is 0.119 e. The predicted octanol–water partition coefficient (Wildman–Crippen LogP) is 4.12. The van der Waals surface area contributed by atoms with E-state index in [1.165, 1.54) is 0 Å². The van der Waals surface area contributed by atoms with Crippen LogP contribution in [0.1, 0.15) is 30.9 Å². The van der Waals surface area contributed by atoms with Gasteiger partial charge in [0, 0.05) is 0 Å². The largest absolute Gasteiger partial charge is 0.497 e. The van der Waals surface area contributed by atoms with Crippen molar-refractivity contribution in [1.82, 2.24) is 0 Å². The van der Waals surface area contributed by atoms with E-state index in [4.69, 9.17) is 10.3 Å². The van der Waals surface area contributed by atoms with Crippen molar-refractivity contribution < 1.29 is 4.74 Å². The molecule has 0 saturated carbocycles. The Morgan fingerprint density at radius 1 is 1.56 bits per heavy atom. The average Bonchev–Trinajstić information content (AvgIpc) is 2.35. The molecule has 0 fully saturated rings. The van der Waals surface area contributed by atoms with Crippen LogP contribution in [0, 0.1) is 5.53 Å². The topological polar surface area (TPSA) is 45.4 Å². The van der Waals surface area contributed by atoms with Crippen molar-refractivity contribution in [1.29, 1.82) is 5.53 Å². The Labute approximate surface area is 96.6 Å². The molecule has 1 rings (SSSR count). The van der Waals surface area contributed by atoms with Crippen LogP contribution in [0.25, 0.3) is 0 Å². The Morgan fingerprint density at radius 2 is 2.38 bits per heavy atom. The van der Waals surface area contributed by atoms with Crippen LogP contribution < -0.4 is 4.74 Å². The number of nitrogens with zero attached hydrogens (tertiary/aromatic N) is 1. The zero-order valence-electron chi connectivity index (χ0n) is 9.65. The molecule has 1 N–H and O–H groups in total. The van der Waals surface area contributed by atoms with Gasteiger partial charge in [-0.3, -0.25) is 0 Å². The summed E-state index contributed by atoms with van der Waals surface area (Å²) in [5, 5.41) is 3.67. The highest BCUT2D eigenvalue weighted by atomic mass is 16.5. The van der Waals surface area contributed by atoms with Crippen molar-refractivity contribution in [3.8, 4) is 5.75 Å². The number of ether oxygens (including phenoxy) is 1. The van der Waals surface area contributed by atoms with Crippen molar-refractivity contribution in [2.45, 2.75) is 25.3 Å². The van der Waals surface area contributed by atoms with Crippen LogP contribution >= 0.6 is 0 Å². The van der Waals surface area contributed by atoms with Crippen molar-refractivity contribution in [2.24, 2.45) is 5.11 Å². The highest BCUT2D eigenvalue weighted by Crippen LogP contribution is 2.26. The molecule has 3 nitrogen and oxygen atoms in total. The van der Waals surface area contributed by atoms with Gasteiger partial charge >= 0.3 is 0 Å². The monoisotopic (exact) mass is 218 g/mol. The van der Waals surface area contributed by atoms with E-state index in [1.54, 1.807) is 7.11 Å². The van der Waals surface area contributed by atoms with Crippen LogP contribution in [-0.2, 0) is 0 Å². The molecule has 0 bridgehead atoms. The van der Waals surface area contributed by atoms with Gasteiger partial charge in [0.05, 0.1) is 13.2 Å². The van der Waals surface area contributed by atoms with E-state index < -0.39 is 0 Å². The van der Waals surface area contributed by atoms with Crippen molar-refractivity contribution in [3.05, 3.63) is 42.5 Å². The van der Waals surface area contributed by atoms with Gasteiger partial charge < -0.3 is 4.74 Å². The van der Waals surface area contributed by atoms with Gasteiger partial charge in [0.2, 0.25) is 0 Å². The smallest absolute Gasteiger partial charge is 0.119 e. The lowest BCUT2D eigenvalue weighted by atomic mass is 10.0. The van der Waals surface area contributed by atoms with Gasteiger partial charge in [-0.15, -0.1) is 6.58 Å². The number of methoxy groups -OCH3 is 1. The van der Waals surface area contributed by atoms with E-state index in [-0.39, 0.29) is 6.04 Å². The predicted molar refractivity (Wildman–Crippen MR) is 64.9 cm³/mol. The molecule has 0 radical (unpaired) electrons. The third-order valence-corrected chi connectivity index (χ3v) is 2.52. The first-order valence-corrected chi connectivity index (χ1v) is 5.43. The number of hydrogen-bond acceptors (Lipinski definition) is 3. The van der Waals surface area contributed by atoms with Gasteiger partial charge in [-0.05, 0) is 37.0 Å². The van der Waals surface area contributed by atoms with Gasteiger partial charge in [0.25, 0.3) is 0 Å². The van der Waals surface area contributed by atoms with Crippen molar-refractivity contribution in [2.75, 3.05) is 7.11 Å². The lowest BCUT2D eigenvalue weighted by Gasteiger charge is -2.11. The molecule has 1 atom stereocenters. The second-order valence-electron chi connectivity index (χ2n) is 3.64. The Hall–Kier alpha value is -1.64. The van der Waals surface area contributed by atoms with E-state index in [0.717, 1.165) is 30.6 Å². The molecule has 0 aliphatic heterocycles. The zero-order chi connectivity index (χ0) is 11.8. The first-order valence-electron chi connectivity index (χ1n) is 5.43. The minimum Gasteiger partial charge on any atom is -0.497 e. The van der Waals surface area contributed by atoms with E-state index in [1.807, 2.05) is 30.3 Å². The van der Waals surface area contributed by atoms with Gasteiger partial charge in [-0.25, -0.2) is 5.53 Å². The van der Waals surface area contributed by atoms with Crippen LogP contribution in [0.3, 0.4) is 0 Å². The highest BCUT2D eigenvalue weighted by molar-refractivity contribution is 5.30. The van der Waals surface area contributed by atoms with Gasteiger partial charge in [0.1, 0.15) is 5.75 Å². The summed E-state index contributed by atoms with van der Waals surface area (Å²) < 4.78 is 5.16. The van der Waals surface area contributed by atoms with Gasteiger partial charge in [0.15, 0.2) is 0 Å². The second kappa shape index (κ2) is 6.77. The fraction of sp³-hybridized carbons (Fsp3) is 0.385. The van der Waals surface area contributed by atoms with Crippen LogP contribution in [0.4, 0.5) is 0 Å². The SMILES string of the molecule is C=CCCC[C@@H](N=N)c1cccc(OC)c1. The summed E-state index contributed by atoms with van der Waals surface area (Å²) in [5.41, 5.74) is 8.26. The third kappa shape index (κ3) is 3.50. The first kappa shape index (κ1) is 12.4. The summed E-state index contributed by atoms with van der Waals surface area (Å²) in [7, 11) is 1.64. The summed E-state index contributed by atoms with van der Waals surface area (Å²) >= 11 is 0. The molecule has 0 heterocycles. The lowest BCUT2D eigenvalue weighted by molar-refractivity contribution is 0.413. The molecule has 0 saturated heterocycles. The van der Waals surface area contributed by atoms with E-state index in [0.29, 0.717) is 0 Å². The van der Waals surface area contributed by atoms with Gasteiger partial charge in [-0.1, -0.05) is 18.2 Å². The van der Waals surface area contributed by atoms with E-state index in [2.05, 4.69) is 11.7 Å². The molecule has 3 heteroatoms. The van der Waals surface area contributed by atoms with Crippen LogP contribution in [0.5, 0.6) is 5.75 Å². The summed E-state index contributed by atoms with van der Waals surface area (Å²) in [6, 6.07) is 7.69. The fourth-order valence-electron chi connectivity index (χ4n) is 1.61. The number of benzene rings is 1. The minimum atomic E-state index is -0.0601. The third-order valence-electron chi connectivity index (χ3n) is 2.52. The Morgan fingerprint density at radius 3 is 3.00 bits per heavy atom. The summed E-state index contributed by atoms with van der Waals surface area (Å²) in [6.45, 7) is 3.69. The molecule has 0 aliphatic carbocycles. The van der Waals surface area contributed by atoms with Crippen molar-refractivity contribution >= 4 is 0 Å². The highest BCUT2D eigenvalue weighted by Gasteiger charge is 2.09. The van der Waals surface area contributed by atoms with Crippen molar-refractivity contribution in [3.63, 3.8) is 0 Å². The summed E-state index contributed by atoms with van der Waals surface area (Å²) in [6.07, 6.45) is 4.75. The quantitative estimate of drug-likeness (QED) is 0.417. The molecule has 0 aromatic heterocycles. The number of rotatable bonds is 7. The summed E-state index contributed by atoms with van der Waals surface area (Å²) in [4.78, 5) is 0. The number of hydrogen-bond donors (Lipinski definition) is 1. The van der Waals surface area contributed by atoms with Crippen LogP contribution in [-0.4, -0.2) is 7.11 Å². The molecule has 0 amide bonds.